The van der Waals surface area contributed by atoms with Gasteiger partial charge in [-0.25, -0.2) is 4.79 Å². The number of carboxylic acids is 1. The maximum Gasteiger partial charge on any atom is 0.337 e. The highest BCUT2D eigenvalue weighted by Crippen LogP contribution is 2.20. The number of hydrogen-bond acceptors (Lipinski definition) is 2. The van der Waals surface area contributed by atoms with E-state index >= 15 is 0 Å². The molecule has 3 aromatic rings. The summed E-state index contributed by atoms with van der Waals surface area (Å²) in [4.78, 5) is 11.5. The van der Waals surface area contributed by atoms with Gasteiger partial charge in [0.25, 0.3) is 0 Å². The van der Waals surface area contributed by atoms with Crippen LogP contribution in [0.2, 0.25) is 0 Å². The topological polar surface area (TPSA) is 62.5 Å². The van der Waals surface area contributed by atoms with Gasteiger partial charge in [-0.2, -0.15) is 0 Å². The van der Waals surface area contributed by atoms with Gasteiger partial charge in [-0.05, 0) is 42.0 Å². The van der Waals surface area contributed by atoms with E-state index in [2.05, 4.69) is 11.8 Å². The number of nitrogens with zero attached hydrogens (tertiary/aromatic N) is 1. The Balaban J connectivity index is 2.07. The molecule has 4 heteroatoms. The summed E-state index contributed by atoms with van der Waals surface area (Å²) in [5.41, 5.74) is 3.01. The number of aliphatic hydroxyl groups excluding tert-OH is 1. The first-order valence-corrected chi connectivity index (χ1v) is 7.40. The minimum atomic E-state index is -0.991. The molecule has 0 unspecified atom stereocenters. The van der Waals surface area contributed by atoms with Gasteiger partial charge < -0.3 is 14.8 Å². The van der Waals surface area contributed by atoms with E-state index in [1.807, 2.05) is 36.4 Å². The van der Waals surface area contributed by atoms with Gasteiger partial charge in [0.05, 0.1) is 17.9 Å². The van der Waals surface area contributed by atoms with Gasteiger partial charge in [-0.1, -0.05) is 30.0 Å². The minimum Gasteiger partial charge on any atom is -0.478 e. The Hall–Kier alpha value is -3.29. The summed E-state index contributed by atoms with van der Waals surface area (Å²) in [6, 6.07) is 16.0. The van der Waals surface area contributed by atoms with Crippen LogP contribution >= 0.6 is 0 Å². The first-order valence-electron chi connectivity index (χ1n) is 7.40. The third kappa shape index (κ3) is 3.22. The van der Waals surface area contributed by atoms with Crippen LogP contribution in [-0.4, -0.2) is 20.7 Å². The molecule has 1 aromatic heterocycles. The number of hydrogen-bond donors (Lipinski definition) is 2. The molecule has 2 N–H and O–H groups in total. The molecular formula is C20H15NO3. The molecule has 0 radical (unpaired) electrons. The summed E-state index contributed by atoms with van der Waals surface area (Å²) in [5, 5.41) is 18.5. The molecule has 2 aromatic carbocycles. The van der Waals surface area contributed by atoms with Crippen LogP contribution in [0.15, 0.2) is 67.0 Å². The second-order valence-corrected chi connectivity index (χ2v) is 5.20. The lowest BCUT2D eigenvalue weighted by molar-refractivity contribution is 0.0697. The van der Waals surface area contributed by atoms with Gasteiger partial charge in [0.15, 0.2) is 0 Å². The zero-order valence-corrected chi connectivity index (χ0v) is 12.8. The van der Waals surface area contributed by atoms with Crippen LogP contribution in [0.4, 0.5) is 0 Å². The molecular weight excluding hydrogens is 302 g/mol. The molecule has 0 aliphatic heterocycles. The van der Waals surface area contributed by atoms with Crippen LogP contribution in [-0.2, 0) is 6.61 Å². The summed E-state index contributed by atoms with van der Waals surface area (Å²) in [6.07, 6.45) is 3.59. The number of carbonyl (C=O) groups is 1. The maximum absolute atomic E-state index is 11.5. The number of aromatic carboxylic acids is 1. The van der Waals surface area contributed by atoms with E-state index in [1.165, 1.54) is 0 Å². The monoisotopic (exact) mass is 317 g/mol. The van der Waals surface area contributed by atoms with Crippen molar-refractivity contribution < 1.29 is 15.0 Å². The van der Waals surface area contributed by atoms with Gasteiger partial charge in [0.2, 0.25) is 0 Å². The molecule has 0 atom stereocenters. The van der Waals surface area contributed by atoms with E-state index in [0.29, 0.717) is 11.3 Å². The Morgan fingerprint density at radius 3 is 2.29 bits per heavy atom. The molecule has 0 fully saturated rings. The zero-order valence-electron chi connectivity index (χ0n) is 12.8. The second kappa shape index (κ2) is 6.86. The number of aromatic nitrogens is 1. The standard InChI is InChI=1S/C20H15NO3/c22-14-16-8-6-15(7-9-16)10-11-17-4-3-5-18(20(23)24)19(17)21-12-1-2-13-21/h1-9,12-13,22H,14H2,(H,23,24). The van der Waals surface area contributed by atoms with Crippen LogP contribution in [0, 0.1) is 11.8 Å². The lowest BCUT2D eigenvalue weighted by Gasteiger charge is -2.10. The fraction of sp³-hybridized carbons (Fsp3) is 0.0500. The van der Waals surface area contributed by atoms with Gasteiger partial charge in [0, 0.05) is 23.5 Å². The molecule has 1 heterocycles. The summed E-state index contributed by atoms with van der Waals surface area (Å²) in [7, 11) is 0. The normalized spacial score (nSPS) is 10.0. The van der Waals surface area contributed by atoms with Crippen molar-refractivity contribution in [2.45, 2.75) is 6.61 Å². The molecule has 3 rings (SSSR count). The van der Waals surface area contributed by atoms with Crippen molar-refractivity contribution in [2.24, 2.45) is 0 Å². The molecule has 24 heavy (non-hydrogen) atoms. The first kappa shape index (κ1) is 15.6. The molecule has 0 aliphatic carbocycles. The summed E-state index contributed by atoms with van der Waals surface area (Å²) in [5.74, 6) is 5.11. The molecule has 0 saturated heterocycles. The Labute approximate surface area is 139 Å². The van der Waals surface area contributed by atoms with Crippen molar-refractivity contribution in [3.05, 3.63) is 89.2 Å². The van der Waals surface area contributed by atoms with Crippen molar-refractivity contribution in [3.63, 3.8) is 0 Å². The highest BCUT2D eigenvalue weighted by Gasteiger charge is 2.14. The smallest absolute Gasteiger partial charge is 0.337 e. The Kier molecular flexibility index (Phi) is 4.46. The average Bonchev–Trinajstić information content (AvgIpc) is 3.14. The third-order valence-corrected chi connectivity index (χ3v) is 3.61. The van der Waals surface area contributed by atoms with Gasteiger partial charge in [0.1, 0.15) is 0 Å². The van der Waals surface area contributed by atoms with Crippen molar-refractivity contribution in [1.82, 2.24) is 4.57 Å². The third-order valence-electron chi connectivity index (χ3n) is 3.61. The molecule has 0 amide bonds. The molecule has 0 bridgehead atoms. The first-order chi connectivity index (χ1) is 11.7. The van der Waals surface area contributed by atoms with E-state index < -0.39 is 5.97 Å². The van der Waals surface area contributed by atoms with Crippen molar-refractivity contribution in [1.29, 1.82) is 0 Å². The van der Waals surface area contributed by atoms with Crippen LogP contribution in [0.25, 0.3) is 5.69 Å². The van der Waals surface area contributed by atoms with Gasteiger partial charge in [-0.15, -0.1) is 0 Å². The number of rotatable bonds is 3. The van der Waals surface area contributed by atoms with Crippen LogP contribution in [0.1, 0.15) is 27.0 Å². The fourth-order valence-corrected chi connectivity index (χ4v) is 2.41. The van der Waals surface area contributed by atoms with Gasteiger partial charge >= 0.3 is 5.97 Å². The van der Waals surface area contributed by atoms with Crippen LogP contribution in [0.5, 0.6) is 0 Å². The van der Waals surface area contributed by atoms with E-state index in [0.717, 1.165) is 11.1 Å². The fourth-order valence-electron chi connectivity index (χ4n) is 2.41. The molecule has 0 spiro atoms. The average molecular weight is 317 g/mol. The van der Waals surface area contributed by atoms with E-state index in [4.69, 9.17) is 5.11 Å². The number of benzene rings is 2. The highest BCUT2D eigenvalue weighted by molar-refractivity contribution is 5.93. The minimum absolute atomic E-state index is 0.00779. The van der Waals surface area contributed by atoms with E-state index in [9.17, 15) is 9.90 Å². The zero-order chi connectivity index (χ0) is 16.9. The van der Waals surface area contributed by atoms with Gasteiger partial charge in [-0.3, -0.25) is 0 Å². The van der Waals surface area contributed by atoms with E-state index in [-0.39, 0.29) is 12.2 Å². The van der Waals surface area contributed by atoms with Crippen molar-refractivity contribution >= 4 is 5.97 Å². The molecule has 0 aliphatic rings. The Morgan fingerprint density at radius 2 is 1.67 bits per heavy atom. The largest absolute Gasteiger partial charge is 0.478 e. The molecule has 118 valence electrons. The second-order valence-electron chi connectivity index (χ2n) is 5.20. The Bertz CT molecular complexity index is 914. The van der Waals surface area contributed by atoms with Crippen molar-refractivity contribution in [3.8, 4) is 17.5 Å². The lowest BCUT2D eigenvalue weighted by Crippen LogP contribution is -2.06. The van der Waals surface area contributed by atoms with Crippen molar-refractivity contribution in [2.75, 3.05) is 0 Å². The Morgan fingerprint density at radius 1 is 0.958 bits per heavy atom. The summed E-state index contributed by atoms with van der Waals surface area (Å²) >= 11 is 0. The summed E-state index contributed by atoms with van der Waals surface area (Å²) in [6.45, 7) is -0.00779. The lowest BCUT2D eigenvalue weighted by atomic mass is 10.1. The molecule has 4 nitrogen and oxygen atoms in total. The predicted octanol–water partition coefficient (Wildman–Crippen LogP) is 3.07. The van der Waals surface area contributed by atoms with E-state index in [1.54, 1.807) is 35.2 Å². The van der Waals surface area contributed by atoms with Crippen LogP contribution < -0.4 is 0 Å². The highest BCUT2D eigenvalue weighted by atomic mass is 16.4. The number of aliphatic hydroxyl groups is 1. The number of carboxylic acid groups (broad SMARTS) is 1. The number of para-hydroxylation sites is 1. The summed E-state index contributed by atoms with van der Waals surface area (Å²) < 4.78 is 1.75. The maximum atomic E-state index is 11.5. The molecule has 0 saturated carbocycles. The quantitative estimate of drug-likeness (QED) is 0.730. The SMILES string of the molecule is O=C(O)c1cccc(C#Cc2ccc(CO)cc2)c1-n1cccc1. The predicted molar refractivity (Wildman–Crippen MR) is 91.1 cm³/mol. The van der Waals surface area contributed by atoms with Crippen LogP contribution in [0.3, 0.4) is 0 Å².